The molecule has 8 heteroatoms. The van der Waals surface area contributed by atoms with Crippen molar-refractivity contribution in [1.29, 1.82) is 0 Å². The van der Waals surface area contributed by atoms with Gasteiger partial charge in [-0.15, -0.1) is 0 Å². The number of carbonyl (C=O) groups is 2. The largest absolute Gasteiger partial charge is 0.477 e. The molecule has 1 atom stereocenters. The number of carboxylic acids is 1. The van der Waals surface area contributed by atoms with Gasteiger partial charge in [-0.25, -0.2) is 9.78 Å². The van der Waals surface area contributed by atoms with E-state index < -0.39 is 11.9 Å². The summed E-state index contributed by atoms with van der Waals surface area (Å²) in [6.07, 6.45) is 1.18. The van der Waals surface area contributed by atoms with Crippen LogP contribution in [0.3, 0.4) is 0 Å². The maximum absolute atomic E-state index is 12.0. The lowest BCUT2D eigenvalue weighted by molar-refractivity contribution is 0.0685. The monoisotopic (exact) mass is 291 g/mol. The fourth-order valence-corrected chi connectivity index (χ4v) is 2.13. The summed E-state index contributed by atoms with van der Waals surface area (Å²) in [4.78, 5) is 29.1. The summed E-state index contributed by atoms with van der Waals surface area (Å²) in [6.45, 7) is 6.08. The number of nitrogens with zero attached hydrogens (tertiary/aromatic N) is 3. The van der Waals surface area contributed by atoms with Crippen molar-refractivity contribution in [2.45, 2.75) is 26.8 Å². The van der Waals surface area contributed by atoms with Crippen molar-refractivity contribution >= 4 is 11.9 Å². The van der Waals surface area contributed by atoms with E-state index >= 15 is 0 Å². The third kappa shape index (κ3) is 3.10. The van der Waals surface area contributed by atoms with Crippen molar-refractivity contribution in [2.75, 3.05) is 6.54 Å². The standard InChI is InChI=1S/C13H17N5O3/c1-7-4-8(2)18(17-7)9(3)5-14-12(19)10-11(13(20)21)16-6-15-10/h4,6,9H,5H2,1-3H3,(H,14,19)(H,15,16)(H,20,21). The minimum Gasteiger partial charge on any atom is -0.477 e. The molecule has 2 rings (SSSR count). The van der Waals surface area contributed by atoms with E-state index in [9.17, 15) is 9.59 Å². The Morgan fingerprint density at radius 2 is 2.19 bits per heavy atom. The number of hydrogen-bond donors (Lipinski definition) is 3. The third-order valence-corrected chi connectivity index (χ3v) is 3.09. The van der Waals surface area contributed by atoms with Crippen molar-refractivity contribution < 1.29 is 14.7 Å². The molecule has 0 aliphatic carbocycles. The van der Waals surface area contributed by atoms with Gasteiger partial charge in [0.15, 0.2) is 11.4 Å². The zero-order chi connectivity index (χ0) is 15.6. The lowest BCUT2D eigenvalue weighted by atomic mass is 10.2. The number of nitrogens with one attached hydrogen (secondary N) is 2. The van der Waals surface area contributed by atoms with Crippen LogP contribution in [-0.4, -0.2) is 43.3 Å². The van der Waals surface area contributed by atoms with Crippen LogP contribution >= 0.6 is 0 Å². The summed E-state index contributed by atoms with van der Waals surface area (Å²) in [5.41, 5.74) is 1.57. The van der Waals surface area contributed by atoms with Crippen molar-refractivity contribution in [1.82, 2.24) is 25.1 Å². The third-order valence-electron chi connectivity index (χ3n) is 3.09. The van der Waals surface area contributed by atoms with Gasteiger partial charge < -0.3 is 15.4 Å². The maximum Gasteiger partial charge on any atom is 0.354 e. The van der Waals surface area contributed by atoms with Crippen LogP contribution in [0.5, 0.6) is 0 Å². The molecule has 2 aromatic heterocycles. The lowest BCUT2D eigenvalue weighted by Crippen LogP contribution is -2.31. The lowest BCUT2D eigenvalue weighted by Gasteiger charge is -2.14. The first-order valence-electron chi connectivity index (χ1n) is 6.47. The van der Waals surface area contributed by atoms with Crippen LogP contribution in [0.4, 0.5) is 0 Å². The SMILES string of the molecule is Cc1cc(C)n(C(C)CNC(=O)c2nc[nH]c2C(=O)O)n1. The van der Waals surface area contributed by atoms with E-state index in [2.05, 4.69) is 20.4 Å². The summed E-state index contributed by atoms with van der Waals surface area (Å²) in [5, 5.41) is 15.9. The van der Waals surface area contributed by atoms with E-state index in [-0.39, 0.29) is 17.4 Å². The molecular weight excluding hydrogens is 274 g/mol. The number of aromatic amines is 1. The Hall–Kier alpha value is -2.64. The molecule has 0 saturated carbocycles. The molecule has 8 nitrogen and oxygen atoms in total. The number of rotatable bonds is 5. The van der Waals surface area contributed by atoms with Gasteiger partial charge in [-0.2, -0.15) is 5.10 Å². The topological polar surface area (TPSA) is 113 Å². The molecule has 2 heterocycles. The molecule has 0 aromatic carbocycles. The minimum absolute atomic E-state index is 0.0464. The molecule has 112 valence electrons. The van der Waals surface area contributed by atoms with Crippen molar-refractivity contribution in [3.05, 3.63) is 35.2 Å². The molecule has 3 N–H and O–H groups in total. The maximum atomic E-state index is 12.0. The second kappa shape index (κ2) is 5.78. The van der Waals surface area contributed by atoms with E-state index in [1.54, 1.807) is 0 Å². The Morgan fingerprint density at radius 1 is 1.48 bits per heavy atom. The van der Waals surface area contributed by atoms with Crippen LogP contribution in [0.1, 0.15) is 45.3 Å². The summed E-state index contributed by atoms with van der Waals surface area (Å²) >= 11 is 0. The van der Waals surface area contributed by atoms with E-state index in [4.69, 9.17) is 5.11 Å². The predicted octanol–water partition coefficient (Wildman–Crippen LogP) is 0.912. The number of aromatic carboxylic acids is 1. The minimum atomic E-state index is -1.22. The van der Waals surface area contributed by atoms with Crippen LogP contribution in [0.25, 0.3) is 0 Å². The Morgan fingerprint density at radius 3 is 2.76 bits per heavy atom. The molecule has 0 fully saturated rings. The number of H-pyrrole nitrogens is 1. The van der Waals surface area contributed by atoms with Gasteiger partial charge >= 0.3 is 5.97 Å². The van der Waals surface area contributed by atoms with Gasteiger partial charge in [-0.1, -0.05) is 0 Å². The number of aromatic nitrogens is 4. The number of aryl methyl sites for hydroxylation is 2. The number of imidazole rings is 1. The molecule has 0 aliphatic heterocycles. The normalized spacial score (nSPS) is 12.1. The van der Waals surface area contributed by atoms with Crippen LogP contribution < -0.4 is 5.32 Å². The molecule has 0 radical (unpaired) electrons. The van der Waals surface area contributed by atoms with E-state index in [0.29, 0.717) is 6.54 Å². The zero-order valence-corrected chi connectivity index (χ0v) is 12.0. The Bertz CT molecular complexity index is 673. The van der Waals surface area contributed by atoms with Gasteiger partial charge in [0, 0.05) is 12.2 Å². The second-order valence-corrected chi connectivity index (χ2v) is 4.86. The summed E-state index contributed by atoms with van der Waals surface area (Å²) in [6, 6.07) is 1.91. The summed E-state index contributed by atoms with van der Waals surface area (Å²) < 4.78 is 1.82. The van der Waals surface area contributed by atoms with Crippen molar-refractivity contribution in [3.8, 4) is 0 Å². The van der Waals surface area contributed by atoms with Crippen molar-refractivity contribution in [3.63, 3.8) is 0 Å². The zero-order valence-electron chi connectivity index (χ0n) is 12.0. The van der Waals surface area contributed by atoms with Crippen LogP contribution in [0, 0.1) is 13.8 Å². The first-order chi connectivity index (χ1) is 9.90. The van der Waals surface area contributed by atoms with Gasteiger partial charge in [0.25, 0.3) is 5.91 Å². The van der Waals surface area contributed by atoms with Crippen LogP contribution in [0.15, 0.2) is 12.4 Å². The second-order valence-electron chi connectivity index (χ2n) is 4.86. The summed E-state index contributed by atoms with van der Waals surface area (Å²) in [7, 11) is 0. The Balaban J connectivity index is 2.02. The average Bonchev–Trinajstić information content (AvgIpc) is 3.02. The number of amides is 1. The molecule has 0 saturated heterocycles. The highest BCUT2D eigenvalue weighted by atomic mass is 16.4. The Labute approximate surface area is 121 Å². The molecule has 1 unspecified atom stereocenters. The smallest absolute Gasteiger partial charge is 0.354 e. The quantitative estimate of drug-likeness (QED) is 0.758. The van der Waals surface area contributed by atoms with Crippen molar-refractivity contribution in [2.24, 2.45) is 0 Å². The van der Waals surface area contributed by atoms with E-state index in [0.717, 1.165) is 11.4 Å². The summed E-state index contributed by atoms with van der Waals surface area (Å²) in [5.74, 6) is -1.74. The van der Waals surface area contributed by atoms with Crippen LogP contribution in [-0.2, 0) is 0 Å². The van der Waals surface area contributed by atoms with E-state index in [1.165, 1.54) is 6.33 Å². The predicted molar refractivity (Wildman–Crippen MR) is 74.3 cm³/mol. The number of hydrogen-bond acceptors (Lipinski definition) is 4. The number of carboxylic acid groups (broad SMARTS) is 1. The van der Waals surface area contributed by atoms with E-state index in [1.807, 2.05) is 31.5 Å². The highest BCUT2D eigenvalue weighted by Crippen LogP contribution is 2.10. The molecule has 0 bridgehead atoms. The number of carbonyl (C=O) groups excluding carboxylic acids is 1. The van der Waals surface area contributed by atoms with Gasteiger partial charge in [-0.05, 0) is 26.8 Å². The molecule has 2 aromatic rings. The average molecular weight is 291 g/mol. The fourth-order valence-electron chi connectivity index (χ4n) is 2.13. The highest BCUT2D eigenvalue weighted by molar-refractivity contribution is 6.02. The molecule has 0 aliphatic rings. The van der Waals surface area contributed by atoms with Gasteiger partial charge in [0.1, 0.15) is 0 Å². The molecular formula is C13H17N5O3. The first-order valence-corrected chi connectivity index (χ1v) is 6.47. The molecule has 0 spiro atoms. The first kappa shape index (κ1) is 14.8. The van der Waals surface area contributed by atoms with Gasteiger partial charge in [-0.3, -0.25) is 9.48 Å². The molecule has 1 amide bonds. The van der Waals surface area contributed by atoms with Gasteiger partial charge in [0.2, 0.25) is 0 Å². The molecule has 21 heavy (non-hydrogen) atoms. The Kier molecular flexibility index (Phi) is 4.06. The van der Waals surface area contributed by atoms with Crippen LogP contribution in [0.2, 0.25) is 0 Å². The fraction of sp³-hybridized carbons (Fsp3) is 0.385. The van der Waals surface area contributed by atoms with Gasteiger partial charge in [0.05, 0.1) is 18.1 Å². The highest BCUT2D eigenvalue weighted by Gasteiger charge is 2.20.